The lowest BCUT2D eigenvalue weighted by molar-refractivity contribution is -0.132. The van der Waals surface area contributed by atoms with Crippen molar-refractivity contribution in [2.24, 2.45) is 5.92 Å². The molecule has 0 bridgehead atoms. The first-order valence-corrected chi connectivity index (χ1v) is 7.56. The third-order valence-corrected chi connectivity index (χ3v) is 3.72. The van der Waals surface area contributed by atoms with E-state index in [4.69, 9.17) is 10.7 Å². The van der Waals surface area contributed by atoms with Gasteiger partial charge in [0.05, 0.1) is 5.75 Å². The quantitative estimate of drug-likeness (QED) is 0.711. The number of halogens is 1. The molecule has 15 heavy (non-hydrogen) atoms. The van der Waals surface area contributed by atoms with E-state index in [0.29, 0.717) is 5.92 Å². The fourth-order valence-corrected chi connectivity index (χ4v) is 2.43. The molecule has 88 valence electrons. The summed E-state index contributed by atoms with van der Waals surface area (Å²) in [4.78, 5) is 13.3. The van der Waals surface area contributed by atoms with Crippen molar-refractivity contribution in [3.8, 4) is 0 Å². The van der Waals surface area contributed by atoms with Crippen LogP contribution < -0.4 is 0 Å². The lowest BCUT2D eigenvalue weighted by Gasteiger charge is -2.30. The Morgan fingerprint density at radius 3 is 2.73 bits per heavy atom. The Bertz CT molecular complexity index is 328. The lowest BCUT2D eigenvalue weighted by atomic mass is 10.0. The zero-order chi connectivity index (χ0) is 11.5. The Balaban J connectivity index is 2.40. The van der Waals surface area contributed by atoms with Gasteiger partial charge in [-0.15, -0.1) is 0 Å². The predicted octanol–water partition coefficient (Wildman–Crippen LogP) is 1.20. The fraction of sp³-hybridized carbons (Fsp3) is 0.889. The van der Waals surface area contributed by atoms with E-state index in [1.807, 2.05) is 0 Å². The second kappa shape index (κ2) is 5.16. The van der Waals surface area contributed by atoms with Crippen molar-refractivity contribution in [1.82, 2.24) is 4.90 Å². The third kappa shape index (κ3) is 4.84. The number of rotatable bonds is 3. The van der Waals surface area contributed by atoms with Crippen molar-refractivity contribution in [3.05, 3.63) is 0 Å². The number of carbonyl (C=O) groups is 1. The van der Waals surface area contributed by atoms with Gasteiger partial charge < -0.3 is 4.90 Å². The predicted molar refractivity (Wildman–Crippen MR) is 59.2 cm³/mol. The van der Waals surface area contributed by atoms with Crippen LogP contribution >= 0.6 is 10.7 Å². The van der Waals surface area contributed by atoms with E-state index in [-0.39, 0.29) is 18.1 Å². The maximum absolute atomic E-state index is 11.6. The van der Waals surface area contributed by atoms with Gasteiger partial charge in [0.1, 0.15) is 0 Å². The van der Waals surface area contributed by atoms with Gasteiger partial charge in [-0.25, -0.2) is 8.42 Å². The van der Waals surface area contributed by atoms with Crippen LogP contribution in [0.25, 0.3) is 0 Å². The maximum Gasteiger partial charge on any atom is 0.233 e. The molecule has 0 saturated carbocycles. The van der Waals surface area contributed by atoms with E-state index in [2.05, 4.69) is 6.92 Å². The standard InChI is InChI=1S/C9H16ClNO3S/c1-8-3-2-5-11(7-8)9(12)4-6-15(10,13)14/h8H,2-7H2,1H3. The minimum atomic E-state index is -3.55. The van der Waals surface area contributed by atoms with E-state index < -0.39 is 9.05 Å². The highest BCUT2D eigenvalue weighted by atomic mass is 35.7. The molecule has 1 heterocycles. The monoisotopic (exact) mass is 253 g/mol. The number of piperidine rings is 1. The second-order valence-corrected chi connectivity index (χ2v) is 6.98. The number of hydrogen-bond acceptors (Lipinski definition) is 3. The summed E-state index contributed by atoms with van der Waals surface area (Å²) in [5.41, 5.74) is 0. The van der Waals surface area contributed by atoms with Gasteiger partial charge in [0.25, 0.3) is 0 Å². The molecule has 1 atom stereocenters. The van der Waals surface area contributed by atoms with Crippen LogP contribution in [0.4, 0.5) is 0 Å². The van der Waals surface area contributed by atoms with Crippen LogP contribution in [0.2, 0.25) is 0 Å². The first kappa shape index (κ1) is 12.8. The van der Waals surface area contributed by atoms with Crippen molar-refractivity contribution in [3.63, 3.8) is 0 Å². The van der Waals surface area contributed by atoms with Gasteiger partial charge >= 0.3 is 0 Å². The molecular formula is C9H16ClNO3S. The highest BCUT2D eigenvalue weighted by Crippen LogP contribution is 2.16. The van der Waals surface area contributed by atoms with Crippen molar-refractivity contribution >= 4 is 25.6 Å². The molecule has 1 amide bonds. The highest BCUT2D eigenvalue weighted by molar-refractivity contribution is 8.13. The van der Waals surface area contributed by atoms with Crippen LogP contribution in [-0.2, 0) is 13.8 Å². The van der Waals surface area contributed by atoms with Crippen molar-refractivity contribution in [2.45, 2.75) is 26.2 Å². The third-order valence-electron chi connectivity index (χ3n) is 2.57. The van der Waals surface area contributed by atoms with E-state index in [9.17, 15) is 13.2 Å². The first-order valence-electron chi connectivity index (χ1n) is 5.08. The van der Waals surface area contributed by atoms with Crippen LogP contribution in [0.5, 0.6) is 0 Å². The van der Waals surface area contributed by atoms with E-state index >= 15 is 0 Å². The zero-order valence-corrected chi connectivity index (χ0v) is 10.4. The van der Waals surface area contributed by atoms with Gasteiger partial charge in [-0.3, -0.25) is 4.79 Å². The molecule has 0 aliphatic carbocycles. The largest absolute Gasteiger partial charge is 0.342 e. The van der Waals surface area contributed by atoms with Gasteiger partial charge in [-0.2, -0.15) is 0 Å². The normalized spacial score (nSPS) is 22.8. The summed E-state index contributed by atoms with van der Waals surface area (Å²) in [5, 5.41) is 0. The number of amides is 1. The number of hydrogen-bond donors (Lipinski definition) is 0. The van der Waals surface area contributed by atoms with Crippen molar-refractivity contribution < 1.29 is 13.2 Å². The molecule has 4 nitrogen and oxygen atoms in total. The van der Waals surface area contributed by atoms with Gasteiger partial charge in [0.15, 0.2) is 0 Å². The second-order valence-electron chi connectivity index (χ2n) is 4.08. The summed E-state index contributed by atoms with van der Waals surface area (Å²) >= 11 is 0. The molecule has 1 unspecified atom stereocenters. The average Bonchev–Trinajstić information content (AvgIpc) is 2.13. The molecule has 6 heteroatoms. The molecule has 1 fully saturated rings. The van der Waals surface area contributed by atoms with Gasteiger partial charge in [0.2, 0.25) is 15.0 Å². The van der Waals surface area contributed by atoms with Crippen LogP contribution in [0.3, 0.4) is 0 Å². The van der Waals surface area contributed by atoms with Gasteiger partial charge in [0, 0.05) is 30.2 Å². The molecule has 0 aromatic heterocycles. The minimum Gasteiger partial charge on any atom is -0.342 e. The fourth-order valence-electron chi connectivity index (χ4n) is 1.78. The summed E-state index contributed by atoms with van der Waals surface area (Å²) < 4.78 is 21.4. The summed E-state index contributed by atoms with van der Waals surface area (Å²) in [5.74, 6) is 0.138. The molecule has 0 aromatic rings. The summed E-state index contributed by atoms with van der Waals surface area (Å²) in [7, 11) is 1.50. The number of nitrogens with zero attached hydrogens (tertiary/aromatic N) is 1. The average molecular weight is 254 g/mol. The molecule has 1 aliphatic heterocycles. The molecule has 1 rings (SSSR count). The Morgan fingerprint density at radius 1 is 1.53 bits per heavy atom. The minimum absolute atomic E-state index is 0.00144. The molecule has 0 spiro atoms. The van der Waals surface area contributed by atoms with Gasteiger partial charge in [-0.1, -0.05) is 6.92 Å². The Hall–Kier alpha value is -0.290. The van der Waals surface area contributed by atoms with Crippen LogP contribution in [0.1, 0.15) is 26.2 Å². The van der Waals surface area contributed by atoms with Crippen LogP contribution in [0, 0.1) is 5.92 Å². The van der Waals surface area contributed by atoms with E-state index in [1.165, 1.54) is 0 Å². The molecule has 0 radical (unpaired) electrons. The molecule has 0 aromatic carbocycles. The van der Waals surface area contributed by atoms with Crippen molar-refractivity contribution in [2.75, 3.05) is 18.8 Å². The van der Waals surface area contributed by atoms with E-state index in [0.717, 1.165) is 25.9 Å². The summed E-state index contributed by atoms with van der Waals surface area (Å²) in [6, 6.07) is 0. The van der Waals surface area contributed by atoms with E-state index in [1.54, 1.807) is 4.90 Å². The topological polar surface area (TPSA) is 54.5 Å². The first-order chi connectivity index (χ1) is 6.88. The number of carbonyl (C=O) groups excluding carboxylic acids is 1. The SMILES string of the molecule is CC1CCCN(C(=O)CCS(=O)(=O)Cl)C1. The van der Waals surface area contributed by atoms with Crippen molar-refractivity contribution in [1.29, 1.82) is 0 Å². The van der Waals surface area contributed by atoms with Crippen LogP contribution in [-0.4, -0.2) is 38.1 Å². The van der Waals surface area contributed by atoms with Gasteiger partial charge in [-0.05, 0) is 18.8 Å². The molecule has 0 N–H and O–H groups in total. The Labute approximate surface area is 95.0 Å². The number of likely N-dealkylation sites (tertiary alicyclic amines) is 1. The van der Waals surface area contributed by atoms with Crippen LogP contribution in [0.15, 0.2) is 0 Å². The maximum atomic E-state index is 11.6. The highest BCUT2D eigenvalue weighted by Gasteiger charge is 2.21. The lowest BCUT2D eigenvalue weighted by Crippen LogP contribution is -2.39. The Kier molecular flexibility index (Phi) is 4.40. The smallest absolute Gasteiger partial charge is 0.233 e. The Morgan fingerprint density at radius 2 is 2.20 bits per heavy atom. The molecular weight excluding hydrogens is 238 g/mol. The zero-order valence-electron chi connectivity index (χ0n) is 8.78. The summed E-state index contributed by atoms with van der Waals surface area (Å²) in [6.07, 6.45) is 2.14. The summed E-state index contributed by atoms with van der Waals surface area (Å²) in [6.45, 7) is 3.57. The molecule has 1 aliphatic rings. The molecule has 1 saturated heterocycles.